The van der Waals surface area contributed by atoms with E-state index in [1.165, 1.54) is 16.0 Å². The van der Waals surface area contributed by atoms with E-state index in [1.807, 2.05) is 6.08 Å². The van der Waals surface area contributed by atoms with Crippen LogP contribution in [0.5, 0.6) is 0 Å². The summed E-state index contributed by atoms with van der Waals surface area (Å²) in [6, 6.07) is 6.34. The largest absolute Gasteiger partial charge is 0.103 e. The van der Waals surface area contributed by atoms with Gasteiger partial charge in [-0.25, -0.2) is 0 Å². The molecule has 0 saturated heterocycles. The Morgan fingerprint density at radius 3 is 2.82 bits per heavy atom. The number of thioether (sulfide) groups is 1. The highest BCUT2D eigenvalue weighted by atomic mass is 79.9. The normalized spacial score (nSPS) is 11.4. The van der Waals surface area contributed by atoms with Gasteiger partial charge in [0.05, 0.1) is 0 Å². The Balaban J connectivity index is 2.80. The van der Waals surface area contributed by atoms with Crippen LogP contribution in [-0.4, -0.2) is 0 Å². The Hall–Kier alpha value is -0.730. The maximum Gasteiger partial charge on any atom is 0.0315 e. The number of hydrogen-bond donors (Lipinski definition) is 0. The Bertz CT molecular complexity index is 458. The molecule has 0 amide bonds. The summed E-state index contributed by atoms with van der Waals surface area (Å²) in [7, 11) is 0. The fourth-order valence-corrected chi connectivity index (χ4v) is 2.69. The average Bonchev–Trinajstić information content (AvgIpc) is 2.30. The molecule has 0 nitrogen and oxygen atoms in total. The first-order chi connectivity index (χ1) is 8.04. The van der Waals surface area contributed by atoms with E-state index < -0.39 is 0 Å². The number of aryl methyl sites for hydroxylation is 1. The molecule has 0 aliphatic heterocycles. The van der Waals surface area contributed by atoms with E-state index in [0.29, 0.717) is 0 Å². The summed E-state index contributed by atoms with van der Waals surface area (Å²) in [6.45, 7) is 12.0. The maximum absolute atomic E-state index is 4.11. The molecule has 0 aliphatic carbocycles. The molecule has 0 aromatic heterocycles. The van der Waals surface area contributed by atoms with Crippen molar-refractivity contribution in [2.45, 2.75) is 25.2 Å². The van der Waals surface area contributed by atoms with Crippen LogP contribution in [0.2, 0.25) is 0 Å². The highest BCUT2D eigenvalue weighted by molar-refractivity contribution is 9.10. The standard InChI is InChI=1S/C15H17BrS/c1-5-6-7-12(3)13(4)17-15-10-11(2)8-9-14(15)16/h5,7-10H,1,4,6H2,2-3H3/b12-7+. The van der Waals surface area contributed by atoms with Crippen molar-refractivity contribution < 1.29 is 0 Å². The summed E-state index contributed by atoms with van der Waals surface area (Å²) in [6.07, 6.45) is 4.93. The fraction of sp³-hybridized carbons (Fsp3) is 0.200. The first-order valence-electron chi connectivity index (χ1n) is 5.45. The van der Waals surface area contributed by atoms with E-state index in [2.05, 4.69) is 67.2 Å². The maximum atomic E-state index is 4.11. The molecule has 0 aliphatic rings. The van der Waals surface area contributed by atoms with Gasteiger partial charge in [0.2, 0.25) is 0 Å². The van der Waals surface area contributed by atoms with Gasteiger partial charge in [-0.15, -0.1) is 6.58 Å². The third-order valence-corrected chi connectivity index (χ3v) is 4.43. The van der Waals surface area contributed by atoms with Crippen molar-refractivity contribution in [1.29, 1.82) is 0 Å². The highest BCUT2D eigenvalue weighted by Crippen LogP contribution is 2.35. The highest BCUT2D eigenvalue weighted by Gasteiger charge is 2.04. The minimum Gasteiger partial charge on any atom is -0.103 e. The smallest absolute Gasteiger partial charge is 0.0315 e. The lowest BCUT2D eigenvalue weighted by molar-refractivity contribution is 1.31. The van der Waals surface area contributed by atoms with Gasteiger partial charge < -0.3 is 0 Å². The molecule has 0 saturated carbocycles. The summed E-state index contributed by atoms with van der Waals surface area (Å²) >= 11 is 5.26. The molecule has 0 unspecified atom stereocenters. The van der Waals surface area contributed by atoms with Gasteiger partial charge in [0.1, 0.15) is 0 Å². The molecule has 0 fully saturated rings. The third-order valence-electron chi connectivity index (χ3n) is 2.35. The number of benzene rings is 1. The zero-order valence-corrected chi connectivity index (χ0v) is 12.7. The SMILES string of the molecule is C=CC/C=C(\C)C(=C)Sc1cc(C)ccc1Br. The number of allylic oxidation sites excluding steroid dienone is 3. The van der Waals surface area contributed by atoms with Gasteiger partial charge in [0.25, 0.3) is 0 Å². The summed E-state index contributed by atoms with van der Waals surface area (Å²) in [5.41, 5.74) is 2.47. The van der Waals surface area contributed by atoms with Crippen molar-refractivity contribution in [1.82, 2.24) is 0 Å². The summed E-state index contributed by atoms with van der Waals surface area (Å²) in [4.78, 5) is 2.29. The molecule has 90 valence electrons. The lowest BCUT2D eigenvalue weighted by Gasteiger charge is -2.08. The summed E-state index contributed by atoms with van der Waals surface area (Å²) < 4.78 is 1.12. The molecular formula is C15H17BrS. The van der Waals surface area contributed by atoms with Gasteiger partial charge in [0.15, 0.2) is 0 Å². The van der Waals surface area contributed by atoms with Gasteiger partial charge in [-0.05, 0) is 59.5 Å². The van der Waals surface area contributed by atoms with Crippen LogP contribution in [-0.2, 0) is 0 Å². The lowest BCUT2D eigenvalue weighted by Crippen LogP contribution is -1.82. The van der Waals surface area contributed by atoms with Crippen LogP contribution in [0, 0.1) is 6.92 Å². The second-order valence-corrected chi connectivity index (χ2v) is 5.86. The second kappa shape index (κ2) is 6.87. The Kier molecular flexibility index (Phi) is 5.79. The van der Waals surface area contributed by atoms with Crippen molar-refractivity contribution in [3.63, 3.8) is 0 Å². The predicted molar refractivity (Wildman–Crippen MR) is 82.4 cm³/mol. The van der Waals surface area contributed by atoms with Crippen molar-refractivity contribution in [2.24, 2.45) is 0 Å². The minimum atomic E-state index is 0.889. The Labute approximate surface area is 117 Å². The van der Waals surface area contributed by atoms with E-state index in [1.54, 1.807) is 11.8 Å². The molecule has 0 heterocycles. The molecule has 0 spiro atoms. The molecule has 1 aromatic rings. The molecule has 0 radical (unpaired) electrons. The molecule has 0 bridgehead atoms. The molecule has 1 rings (SSSR count). The van der Waals surface area contributed by atoms with Crippen LogP contribution in [0.15, 0.2) is 63.4 Å². The van der Waals surface area contributed by atoms with Crippen molar-refractivity contribution in [2.75, 3.05) is 0 Å². The second-order valence-electron chi connectivity index (χ2n) is 3.87. The Morgan fingerprint density at radius 2 is 2.18 bits per heavy atom. The Morgan fingerprint density at radius 1 is 1.47 bits per heavy atom. The zero-order valence-electron chi connectivity index (χ0n) is 10.3. The van der Waals surface area contributed by atoms with Crippen LogP contribution in [0.1, 0.15) is 18.9 Å². The van der Waals surface area contributed by atoms with Crippen LogP contribution in [0.3, 0.4) is 0 Å². The molecule has 2 heteroatoms. The van der Waals surface area contributed by atoms with E-state index >= 15 is 0 Å². The first kappa shape index (κ1) is 14.3. The molecular weight excluding hydrogens is 292 g/mol. The van der Waals surface area contributed by atoms with Gasteiger partial charge in [-0.1, -0.05) is 36.6 Å². The van der Waals surface area contributed by atoms with E-state index in [4.69, 9.17) is 0 Å². The fourth-order valence-electron chi connectivity index (χ4n) is 1.28. The van der Waals surface area contributed by atoms with Crippen LogP contribution < -0.4 is 0 Å². The topological polar surface area (TPSA) is 0 Å². The van der Waals surface area contributed by atoms with Crippen molar-refractivity contribution in [3.05, 3.63) is 64.0 Å². The minimum absolute atomic E-state index is 0.889. The van der Waals surface area contributed by atoms with E-state index in [9.17, 15) is 0 Å². The van der Waals surface area contributed by atoms with Gasteiger partial charge in [-0.2, -0.15) is 0 Å². The van der Waals surface area contributed by atoms with Crippen LogP contribution in [0.25, 0.3) is 0 Å². The quantitative estimate of drug-likeness (QED) is 0.371. The van der Waals surface area contributed by atoms with E-state index in [-0.39, 0.29) is 0 Å². The van der Waals surface area contributed by atoms with Gasteiger partial charge in [-0.3, -0.25) is 0 Å². The van der Waals surface area contributed by atoms with Gasteiger partial charge in [0, 0.05) is 14.3 Å². The molecule has 17 heavy (non-hydrogen) atoms. The molecule has 1 aromatic carbocycles. The van der Waals surface area contributed by atoms with Crippen LogP contribution in [0.4, 0.5) is 0 Å². The van der Waals surface area contributed by atoms with Gasteiger partial charge >= 0.3 is 0 Å². The number of halogens is 1. The summed E-state index contributed by atoms with van der Waals surface area (Å²) in [5, 5.41) is 0. The van der Waals surface area contributed by atoms with E-state index in [0.717, 1.165) is 15.8 Å². The van der Waals surface area contributed by atoms with Crippen molar-refractivity contribution in [3.8, 4) is 0 Å². The molecule has 0 atom stereocenters. The average molecular weight is 309 g/mol. The van der Waals surface area contributed by atoms with Crippen LogP contribution >= 0.6 is 27.7 Å². The van der Waals surface area contributed by atoms with Crippen molar-refractivity contribution >= 4 is 27.7 Å². The zero-order chi connectivity index (χ0) is 12.8. The number of rotatable bonds is 5. The predicted octanol–water partition coefficient (Wildman–Crippen LogP) is 5.89. The monoisotopic (exact) mass is 308 g/mol. The number of hydrogen-bond acceptors (Lipinski definition) is 1. The summed E-state index contributed by atoms with van der Waals surface area (Å²) in [5.74, 6) is 0. The lowest BCUT2D eigenvalue weighted by atomic mass is 10.2. The first-order valence-corrected chi connectivity index (χ1v) is 7.06. The molecule has 0 N–H and O–H groups in total. The third kappa shape index (κ3) is 4.57.